The lowest BCUT2D eigenvalue weighted by Crippen LogP contribution is -2.57. The lowest BCUT2D eigenvalue weighted by Gasteiger charge is -2.42. The quantitative estimate of drug-likeness (QED) is 0.835. The molecule has 1 saturated carbocycles. The number of amides is 1. The highest BCUT2D eigenvalue weighted by Crippen LogP contribution is 2.40. The molecule has 9 heteroatoms. The predicted molar refractivity (Wildman–Crippen MR) is 104 cm³/mol. The fourth-order valence-corrected chi connectivity index (χ4v) is 4.48. The molecule has 0 bridgehead atoms. The summed E-state index contributed by atoms with van der Waals surface area (Å²) in [5.74, 6) is 2.36. The lowest BCUT2D eigenvalue weighted by atomic mass is 9.85. The summed E-state index contributed by atoms with van der Waals surface area (Å²) in [6, 6.07) is 1.90. The first-order valence-corrected chi connectivity index (χ1v) is 10.1. The minimum absolute atomic E-state index is 0. The minimum atomic E-state index is -0.576. The average molecular weight is 407 g/mol. The second kappa shape index (κ2) is 7.83. The summed E-state index contributed by atoms with van der Waals surface area (Å²) in [7, 11) is 0. The Morgan fingerprint density at radius 1 is 1.21 bits per heavy atom. The number of likely N-dealkylation sites (tertiary alicyclic amines) is 1. The van der Waals surface area contributed by atoms with E-state index in [0.717, 1.165) is 69.9 Å². The topological polar surface area (TPSA) is 89.1 Å². The van der Waals surface area contributed by atoms with Crippen molar-refractivity contribution in [3.63, 3.8) is 0 Å². The Hall–Kier alpha value is -1.93. The van der Waals surface area contributed by atoms with Gasteiger partial charge in [0.05, 0.1) is 0 Å². The summed E-state index contributed by atoms with van der Waals surface area (Å²) in [5, 5.41) is 12.0. The van der Waals surface area contributed by atoms with Crippen LogP contribution in [-0.2, 0) is 10.3 Å². The maximum atomic E-state index is 13.6. The molecule has 4 heterocycles. The zero-order valence-electron chi connectivity index (χ0n) is 15.9. The van der Waals surface area contributed by atoms with Crippen molar-refractivity contribution in [2.24, 2.45) is 0 Å². The van der Waals surface area contributed by atoms with Crippen LogP contribution in [-0.4, -0.2) is 56.9 Å². The van der Waals surface area contributed by atoms with Gasteiger partial charge < -0.3 is 14.7 Å². The van der Waals surface area contributed by atoms with Crippen molar-refractivity contribution in [2.45, 2.75) is 55.9 Å². The third kappa shape index (κ3) is 3.43. The third-order valence-electron chi connectivity index (χ3n) is 6.23. The molecular formula is C19H27ClN6O2. The molecule has 1 atom stereocenters. The summed E-state index contributed by atoms with van der Waals surface area (Å²) >= 11 is 0. The molecule has 1 N–H and O–H groups in total. The van der Waals surface area contributed by atoms with E-state index in [2.05, 4.69) is 20.6 Å². The van der Waals surface area contributed by atoms with Crippen molar-refractivity contribution in [1.82, 2.24) is 30.1 Å². The number of nitrogens with zero attached hydrogens (tertiary/aromatic N) is 5. The molecule has 0 spiro atoms. The molecule has 0 aromatic carbocycles. The minimum Gasteiger partial charge on any atom is -0.340 e. The molecule has 8 nitrogen and oxygen atoms in total. The van der Waals surface area contributed by atoms with E-state index in [4.69, 9.17) is 4.52 Å². The molecule has 5 rings (SSSR count). The molecule has 1 unspecified atom stereocenters. The first-order valence-electron chi connectivity index (χ1n) is 10.1. The zero-order valence-corrected chi connectivity index (χ0v) is 16.7. The van der Waals surface area contributed by atoms with Gasteiger partial charge in [0.2, 0.25) is 5.89 Å². The van der Waals surface area contributed by atoms with Crippen LogP contribution in [0.15, 0.2) is 23.0 Å². The van der Waals surface area contributed by atoms with Crippen LogP contribution in [0.25, 0.3) is 0 Å². The van der Waals surface area contributed by atoms with Crippen LogP contribution in [0.1, 0.15) is 62.1 Å². The van der Waals surface area contributed by atoms with Crippen LogP contribution in [0.5, 0.6) is 0 Å². The number of carbonyl (C=O) groups is 1. The van der Waals surface area contributed by atoms with Gasteiger partial charge in [-0.1, -0.05) is 5.16 Å². The van der Waals surface area contributed by atoms with Crippen molar-refractivity contribution in [3.05, 3.63) is 30.2 Å². The summed E-state index contributed by atoms with van der Waals surface area (Å²) in [6.45, 7) is 3.12. The summed E-state index contributed by atoms with van der Waals surface area (Å²) in [6.07, 6.45) is 9.49. The number of halogens is 1. The van der Waals surface area contributed by atoms with Gasteiger partial charge >= 0.3 is 0 Å². The standard InChI is InChI=1S/C19H26N6O2.ClH/c26-18(19(6-9-20-10-7-19)25-12-2-8-21-25)24-11-1-3-15(13-24)16-22-17(27-23-16)14-4-5-14;/h2,8,12,14-15,20H,1,3-7,9-11,13H2;1H. The van der Waals surface area contributed by atoms with Gasteiger partial charge in [-0.3, -0.25) is 9.48 Å². The van der Waals surface area contributed by atoms with Gasteiger partial charge in [-0.05, 0) is 57.7 Å². The van der Waals surface area contributed by atoms with E-state index in [0.29, 0.717) is 12.5 Å². The van der Waals surface area contributed by atoms with Crippen molar-refractivity contribution in [3.8, 4) is 0 Å². The molecule has 2 aromatic heterocycles. The Bertz CT molecular complexity index is 797. The molecule has 2 aliphatic heterocycles. The zero-order chi connectivity index (χ0) is 18.3. The summed E-state index contributed by atoms with van der Waals surface area (Å²) < 4.78 is 7.32. The highest BCUT2D eigenvalue weighted by atomic mass is 35.5. The number of carbonyl (C=O) groups excluding carboxylic acids is 1. The van der Waals surface area contributed by atoms with Gasteiger partial charge in [-0.25, -0.2) is 0 Å². The van der Waals surface area contributed by atoms with Gasteiger partial charge in [0.15, 0.2) is 5.82 Å². The van der Waals surface area contributed by atoms with Crippen LogP contribution >= 0.6 is 12.4 Å². The number of nitrogens with one attached hydrogen (secondary N) is 1. The van der Waals surface area contributed by atoms with Crippen LogP contribution in [0.2, 0.25) is 0 Å². The third-order valence-corrected chi connectivity index (χ3v) is 6.23. The van der Waals surface area contributed by atoms with Crippen LogP contribution in [0.4, 0.5) is 0 Å². The van der Waals surface area contributed by atoms with Gasteiger partial charge in [0.1, 0.15) is 5.54 Å². The molecule has 3 fully saturated rings. The molecule has 28 heavy (non-hydrogen) atoms. The van der Waals surface area contributed by atoms with Gasteiger partial charge in [0.25, 0.3) is 5.91 Å². The normalized spacial score (nSPS) is 24.6. The fraction of sp³-hybridized carbons (Fsp3) is 0.684. The highest BCUT2D eigenvalue weighted by Gasteiger charge is 2.45. The largest absolute Gasteiger partial charge is 0.340 e. The van der Waals surface area contributed by atoms with Crippen LogP contribution in [0, 0.1) is 0 Å². The molecule has 0 radical (unpaired) electrons. The molecular weight excluding hydrogens is 380 g/mol. The van der Waals surface area contributed by atoms with Crippen molar-refractivity contribution in [1.29, 1.82) is 0 Å². The molecule has 2 saturated heterocycles. The van der Waals surface area contributed by atoms with Crippen molar-refractivity contribution < 1.29 is 9.32 Å². The van der Waals surface area contributed by atoms with E-state index in [1.165, 1.54) is 0 Å². The van der Waals surface area contributed by atoms with Crippen molar-refractivity contribution in [2.75, 3.05) is 26.2 Å². The number of piperidine rings is 2. The van der Waals surface area contributed by atoms with Gasteiger partial charge in [-0.15, -0.1) is 12.4 Å². The number of hydrogen-bond donors (Lipinski definition) is 1. The fourth-order valence-electron chi connectivity index (χ4n) is 4.48. The average Bonchev–Trinajstić information content (AvgIpc) is 3.22. The monoisotopic (exact) mass is 406 g/mol. The van der Waals surface area contributed by atoms with Gasteiger partial charge in [-0.2, -0.15) is 10.1 Å². The molecule has 1 aliphatic carbocycles. The smallest absolute Gasteiger partial charge is 0.250 e. The Kier molecular flexibility index (Phi) is 5.42. The maximum absolute atomic E-state index is 13.6. The first kappa shape index (κ1) is 19.4. The van der Waals surface area contributed by atoms with E-state index >= 15 is 0 Å². The number of aromatic nitrogens is 4. The van der Waals surface area contributed by atoms with Crippen LogP contribution < -0.4 is 5.32 Å². The maximum Gasteiger partial charge on any atom is 0.250 e. The van der Waals surface area contributed by atoms with Crippen molar-refractivity contribution >= 4 is 18.3 Å². The molecule has 3 aliphatic rings. The lowest BCUT2D eigenvalue weighted by molar-refractivity contribution is -0.144. The van der Waals surface area contributed by atoms with E-state index in [9.17, 15) is 4.79 Å². The van der Waals surface area contributed by atoms with E-state index in [-0.39, 0.29) is 24.2 Å². The Morgan fingerprint density at radius 3 is 2.75 bits per heavy atom. The molecule has 2 aromatic rings. The second-order valence-electron chi connectivity index (χ2n) is 8.09. The van der Waals surface area contributed by atoms with Gasteiger partial charge in [0, 0.05) is 37.3 Å². The predicted octanol–water partition coefficient (Wildman–Crippen LogP) is 2.05. The molecule has 152 valence electrons. The second-order valence-corrected chi connectivity index (χ2v) is 8.09. The Morgan fingerprint density at radius 2 is 2.04 bits per heavy atom. The summed E-state index contributed by atoms with van der Waals surface area (Å²) in [4.78, 5) is 20.3. The van der Waals surface area contributed by atoms with E-state index in [1.807, 2.05) is 21.8 Å². The molecule has 1 amide bonds. The summed E-state index contributed by atoms with van der Waals surface area (Å²) in [5.41, 5.74) is -0.576. The van der Waals surface area contributed by atoms with Crippen LogP contribution in [0.3, 0.4) is 0 Å². The number of hydrogen-bond acceptors (Lipinski definition) is 6. The first-order chi connectivity index (χ1) is 13.3. The number of rotatable bonds is 4. The Labute approximate surface area is 170 Å². The van der Waals surface area contributed by atoms with E-state index in [1.54, 1.807) is 6.20 Å². The van der Waals surface area contributed by atoms with E-state index < -0.39 is 5.54 Å². The SMILES string of the molecule is Cl.O=C(N1CCCC(c2noc(C3CC3)n2)C1)C1(n2cccn2)CCNCC1. The highest BCUT2D eigenvalue weighted by molar-refractivity contribution is 5.85. The Balaban J connectivity index is 0.00000192.